The molecule has 6 aromatic rings. The van der Waals surface area contributed by atoms with E-state index in [-0.39, 0.29) is 22.7 Å². The second-order valence-corrected chi connectivity index (χ2v) is 9.22. The Hall–Kier alpha value is -5.22. The maximum atomic E-state index is 13.4. The number of azo groups is 1. The molecule has 0 aliphatic heterocycles. The van der Waals surface area contributed by atoms with Crippen LogP contribution in [-0.4, -0.2) is 20.3 Å². The van der Waals surface area contributed by atoms with Crippen molar-refractivity contribution in [3.05, 3.63) is 107 Å². The van der Waals surface area contributed by atoms with E-state index in [2.05, 4.69) is 19.9 Å². The number of nitro benzene ring substituents is 1. The Labute approximate surface area is 219 Å². The Bertz CT molecular complexity index is 1930. The molecular weight excluding hydrogens is 502 g/mol. The number of amides is 1. The molecule has 0 saturated carbocycles. The molecule has 0 radical (unpaired) electrons. The minimum absolute atomic E-state index is 0.0374. The number of anilines is 1. The second-order valence-electron chi connectivity index (χ2n) is 8.47. The zero-order chi connectivity index (χ0) is 26.2. The van der Waals surface area contributed by atoms with E-state index in [4.69, 9.17) is 0 Å². The molecular formula is C28H17N5O4S. The molecule has 10 heteroatoms. The first-order valence-electron chi connectivity index (χ1n) is 11.5. The van der Waals surface area contributed by atoms with Gasteiger partial charge in [-0.2, -0.15) is 4.37 Å². The van der Waals surface area contributed by atoms with Crippen molar-refractivity contribution in [1.29, 1.82) is 0 Å². The van der Waals surface area contributed by atoms with Gasteiger partial charge in [0, 0.05) is 34.0 Å². The third-order valence-electron chi connectivity index (χ3n) is 6.17. The highest BCUT2D eigenvalue weighted by Gasteiger charge is 2.20. The zero-order valence-electron chi connectivity index (χ0n) is 19.5. The molecule has 5 aromatic carbocycles. The Kier molecular flexibility index (Phi) is 5.70. The van der Waals surface area contributed by atoms with E-state index in [0.29, 0.717) is 32.4 Å². The molecule has 0 unspecified atom stereocenters. The summed E-state index contributed by atoms with van der Waals surface area (Å²) >= 11 is 1.03. The van der Waals surface area contributed by atoms with E-state index in [1.807, 2.05) is 48.5 Å². The van der Waals surface area contributed by atoms with E-state index in [1.54, 1.807) is 30.3 Å². The normalized spacial score (nSPS) is 11.5. The van der Waals surface area contributed by atoms with Crippen LogP contribution in [0.25, 0.3) is 32.4 Å². The SMILES string of the molecule is O=C(Nc1cccc2ccccc12)c1cc2ccccc2c(N=Nc2snc3ccc([N+](=O)[O-])cc23)c1O. The number of rotatable bonds is 5. The first kappa shape index (κ1) is 23.2. The molecule has 1 heterocycles. The summed E-state index contributed by atoms with van der Waals surface area (Å²) in [5, 5.41) is 37.8. The molecule has 2 N–H and O–H groups in total. The number of carbonyl (C=O) groups excluding carboxylic acids is 1. The van der Waals surface area contributed by atoms with Gasteiger partial charge >= 0.3 is 0 Å². The lowest BCUT2D eigenvalue weighted by Crippen LogP contribution is -2.12. The minimum Gasteiger partial charge on any atom is -0.505 e. The molecule has 9 nitrogen and oxygen atoms in total. The Balaban J connectivity index is 1.43. The molecule has 0 aliphatic carbocycles. The first-order valence-corrected chi connectivity index (χ1v) is 12.3. The number of non-ortho nitro benzene ring substituents is 1. The quantitative estimate of drug-likeness (QED) is 0.136. The van der Waals surface area contributed by atoms with Gasteiger partial charge in [-0.1, -0.05) is 60.7 Å². The molecule has 0 saturated heterocycles. The number of hydrogen-bond donors (Lipinski definition) is 2. The van der Waals surface area contributed by atoms with Gasteiger partial charge in [-0.05, 0) is 40.5 Å². The molecule has 184 valence electrons. The van der Waals surface area contributed by atoms with Gasteiger partial charge in [-0.25, -0.2) is 0 Å². The lowest BCUT2D eigenvalue weighted by atomic mass is 10.0. The van der Waals surface area contributed by atoms with Crippen molar-refractivity contribution in [2.45, 2.75) is 0 Å². The van der Waals surface area contributed by atoms with Gasteiger partial charge < -0.3 is 10.4 Å². The summed E-state index contributed by atoms with van der Waals surface area (Å²) in [6.45, 7) is 0. The topological polar surface area (TPSA) is 130 Å². The monoisotopic (exact) mass is 519 g/mol. The molecule has 1 aromatic heterocycles. The van der Waals surface area contributed by atoms with Crippen LogP contribution in [0.3, 0.4) is 0 Å². The average Bonchev–Trinajstić information content (AvgIpc) is 3.34. The van der Waals surface area contributed by atoms with E-state index in [0.717, 1.165) is 22.3 Å². The van der Waals surface area contributed by atoms with E-state index >= 15 is 0 Å². The molecule has 6 rings (SSSR count). The fourth-order valence-electron chi connectivity index (χ4n) is 4.31. The number of fused-ring (bicyclic) bond motifs is 3. The van der Waals surface area contributed by atoms with Crippen LogP contribution in [0.2, 0.25) is 0 Å². The molecule has 0 atom stereocenters. The van der Waals surface area contributed by atoms with Crippen molar-refractivity contribution in [2.75, 3.05) is 5.32 Å². The summed E-state index contributed by atoms with van der Waals surface area (Å²) in [6, 6.07) is 26.4. The number of nitro groups is 1. The first-order chi connectivity index (χ1) is 18.5. The van der Waals surface area contributed by atoms with Gasteiger partial charge in [0.1, 0.15) is 5.69 Å². The number of phenolic OH excluding ortho intramolecular Hbond substituents is 1. The Morgan fingerprint density at radius 1 is 0.868 bits per heavy atom. The maximum Gasteiger partial charge on any atom is 0.270 e. The number of carbonyl (C=O) groups is 1. The highest BCUT2D eigenvalue weighted by molar-refractivity contribution is 7.11. The van der Waals surface area contributed by atoms with Crippen LogP contribution < -0.4 is 5.32 Å². The largest absolute Gasteiger partial charge is 0.505 e. The van der Waals surface area contributed by atoms with Crippen LogP contribution in [0.15, 0.2) is 101 Å². The van der Waals surface area contributed by atoms with Crippen molar-refractivity contribution in [1.82, 2.24) is 4.37 Å². The predicted molar refractivity (Wildman–Crippen MR) is 148 cm³/mol. The summed E-state index contributed by atoms with van der Waals surface area (Å²) in [7, 11) is 0. The summed E-state index contributed by atoms with van der Waals surface area (Å²) in [5.74, 6) is -0.829. The summed E-state index contributed by atoms with van der Waals surface area (Å²) in [5.41, 5.74) is 1.22. The van der Waals surface area contributed by atoms with E-state index in [1.165, 1.54) is 12.1 Å². The number of hydrogen-bond acceptors (Lipinski definition) is 8. The van der Waals surface area contributed by atoms with Crippen molar-refractivity contribution in [3.8, 4) is 5.75 Å². The Morgan fingerprint density at radius 2 is 1.61 bits per heavy atom. The van der Waals surface area contributed by atoms with Gasteiger partial charge in [-0.15, -0.1) is 10.2 Å². The van der Waals surface area contributed by atoms with Crippen molar-refractivity contribution in [3.63, 3.8) is 0 Å². The number of aromatic hydroxyl groups is 1. The number of phenols is 1. The fourth-order valence-corrected chi connectivity index (χ4v) is 5.00. The van der Waals surface area contributed by atoms with Crippen molar-refractivity contribution < 1.29 is 14.8 Å². The minimum atomic E-state index is -0.500. The maximum absolute atomic E-state index is 13.4. The van der Waals surface area contributed by atoms with Crippen molar-refractivity contribution in [2.24, 2.45) is 10.2 Å². The van der Waals surface area contributed by atoms with Gasteiger partial charge in [-0.3, -0.25) is 14.9 Å². The van der Waals surface area contributed by atoms with E-state index < -0.39 is 10.8 Å². The third kappa shape index (κ3) is 4.08. The fraction of sp³-hybridized carbons (Fsp3) is 0. The summed E-state index contributed by atoms with van der Waals surface area (Å²) in [4.78, 5) is 24.1. The average molecular weight is 520 g/mol. The Morgan fingerprint density at radius 3 is 2.42 bits per heavy atom. The van der Waals surface area contributed by atoms with Gasteiger partial charge in [0.15, 0.2) is 10.8 Å². The molecule has 0 bridgehead atoms. The highest BCUT2D eigenvalue weighted by atomic mass is 32.1. The van der Waals surface area contributed by atoms with Crippen LogP contribution in [0.1, 0.15) is 10.4 Å². The predicted octanol–water partition coefficient (Wildman–Crippen LogP) is 7.88. The molecule has 0 aliphatic rings. The van der Waals surface area contributed by atoms with Crippen LogP contribution in [-0.2, 0) is 0 Å². The lowest BCUT2D eigenvalue weighted by Gasteiger charge is -2.12. The number of nitrogens with zero attached hydrogens (tertiary/aromatic N) is 4. The van der Waals surface area contributed by atoms with E-state index in [9.17, 15) is 20.0 Å². The second kappa shape index (κ2) is 9.34. The van der Waals surface area contributed by atoms with Crippen molar-refractivity contribution >= 4 is 72.0 Å². The van der Waals surface area contributed by atoms with Gasteiger partial charge in [0.25, 0.3) is 11.6 Å². The van der Waals surface area contributed by atoms with Gasteiger partial charge in [0.05, 0.1) is 16.0 Å². The highest BCUT2D eigenvalue weighted by Crippen LogP contribution is 2.41. The van der Waals surface area contributed by atoms with Crippen LogP contribution >= 0.6 is 11.5 Å². The molecule has 0 spiro atoms. The molecule has 1 amide bonds. The number of aromatic nitrogens is 1. The third-order valence-corrected chi connectivity index (χ3v) is 6.93. The van der Waals surface area contributed by atoms with Gasteiger partial charge in [0.2, 0.25) is 0 Å². The number of benzene rings is 5. The number of nitrogens with one attached hydrogen (secondary N) is 1. The zero-order valence-corrected chi connectivity index (χ0v) is 20.3. The van der Waals surface area contributed by atoms with Crippen LogP contribution in [0, 0.1) is 10.1 Å². The summed E-state index contributed by atoms with van der Waals surface area (Å²) < 4.78 is 4.27. The standard InChI is InChI=1S/C28H17N5O4S/c34-26-22(27(35)29-23-11-5-8-16-6-1-3-9-19(16)23)14-17-7-2-4-10-20(17)25(26)30-31-28-21-15-18(33(36)37)12-13-24(21)32-38-28/h1-15,34H,(H,29,35). The molecule has 38 heavy (non-hydrogen) atoms. The van der Waals surface area contributed by atoms with Crippen LogP contribution in [0.4, 0.5) is 22.1 Å². The molecule has 0 fully saturated rings. The smallest absolute Gasteiger partial charge is 0.270 e. The lowest BCUT2D eigenvalue weighted by molar-refractivity contribution is -0.384. The van der Waals surface area contributed by atoms with Crippen LogP contribution in [0.5, 0.6) is 5.75 Å². The summed E-state index contributed by atoms with van der Waals surface area (Å²) in [6.07, 6.45) is 0.